The lowest BCUT2D eigenvalue weighted by Gasteiger charge is -2.31. The number of nitrogens with zero attached hydrogens (tertiary/aromatic N) is 1. The molecule has 6 nitrogen and oxygen atoms in total. The number of anilines is 2. The summed E-state index contributed by atoms with van der Waals surface area (Å²) in [5.41, 5.74) is 3.02. The lowest BCUT2D eigenvalue weighted by atomic mass is 9.90. The fourth-order valence-electron chi connectivity index (χ4n) is 4.41. The van der Waals surface area contributed by atoms with Gasteiger partial charge in [0.15, 0.2) is 5.78 Å². The van der Waals surface area contributed by atoms with Crippen molar-refractivity contribution in [2.24, 2.45) is 5.92 Å². The van der Waals surface area contributed by atoms with Gasteiger partial charge in [-0.3, -0.25) is 9.69 Å². The smallest absolute Gasteiger partial charge is 0.323 e. The Bertz CT molecular complexity index is 1110. The van der Waals surface area contributed by atoms with Gasteiger partial charge in [0.05, 0.1) is 19.3 Å². The van der Waals surface area contributed by atoms with Gasteiger partial charge in [0.1, 0.15) is 5.75 Å². The van der Waals surface area contributed by atoms with Crippen molar-refractivity contribution < 1.29 is 14.3 Å². The van der Waals surface area contributed by atoms with Gasteiger partial charge in [0.25, 0.3) is 0 Å². The molecule has 1 saturated heterocycles. The standard InChI is InChI=1S/C28H31N3O3/c1-34-24-11-7-10-23(19-24)29-28(33)30-26-13-6-5-12-25(26)27(32)20-31-16-14-22(15-17-31)18-21-8-3-2-4-9-21/h2-13,19,22H,14-18,20H2,1H3,(H2,29,30,33). The van der Waals surface area contributed by atoms with Gasteiger partial charge in [0.2, 0.25) is 0 Å². The van der Waals surface area contributed by atoms with Crippen LogP contribution in [0.1, 0.15) is 28.8 Å². The number of nitrogens with one attached hydrogen (secondary N) is 2. The van der Waals surface area contributed by atoms with Crippen LogP contribution in [-0.2, 0) is 6.42 Å². The normalized spacial score (nSPS) is 14.4. The number of piperidine rings is 1. The van der Waals surface area contributed by atoms with Crippen LogP contribution in [0, 0.1) is 5.92 Å². The Morgan fingerprint density at radius 2 is 1.65 bits per heavy atom. The van der Waals surface area contributed by atoms with Gasteiger partial charge in [0, 0.05) is 17.3 Å². The molecule has 0 spiro atoms. The zero-order valence-corrected chi connectivity index (χ0v) is 19.5. The van der Waals surface area contributed by atoms with Crippen molar-refractivity contribution >= 4 is 23.2 Å². The fraction of sp³-hybridized carbons (Fsp3) is 0.286. The van der Waals surface area contributed by atoms with Crippen molar-refractivity contribution in [2.45, 2.75) is 19.3 Å². The number of benzene rings is 3. The van der Waals surface area contributed by atoms with Crippen LogP contribution in [0.2, 0.25) is 0 Å². The Labute approximate surface area is 200 Å². The molecule has 2 N–H and O–H groups in total. The van der Waals surface area contributed by atoms with E-state index in [4.69, 9.17) is 4.74 Å². The maximum absolute atomic E-state index is 13.1. The van der Waals surface area contributed by atoms with Crippen LogP contribution in [0.15, 0.2) is 78.9 Å². The second-order valence-corrected chi connectivity index (χ2v) is 8.69. The van der Waals surface area contributed by atoms with E-state index in [1.54, 1.807) is 37.4 Å². The van der Waals surface area contributed by atoms with Crippen LogP contribution < -0.4 is 15.4 Å². The van der Waals surface area contributed by atoms with Crippen LogP contribution in [0.25, 0.3) is 0 Å². The number of amides is 2. The van der Waals surface area contributed by atoms with E-state index in [-0.39, 0.29) is 5.78 Å². The number of para-hydroxylation sites is 1. The molecule has 6 heteroatoms. The SMILES string of the molecule is COc1cccc(NC(=O)Nc2ccccc2C(=O)CN2CCC(Cc3ccccc3)CC2)c1. The summed E-state index contributed by atoms with van der Waals surface area (Å²) in [6, 6.07) is 24.5. The highest BCUT2D eigenvalue weighted by atomic mass is 16.5. The van der Waals surface area contributed by atoms with E-state index in [0.29, 0.717) is 35.2 Å². The molecule has 0 radical (unpaired) electrons. The van der Waals surface area contributed by atoms with Gasteiger partial charge in [-0.1, -0.05) is 48.5 Å². The number of ketones is 1. The number of ether oxygens (including phenoxy) is 1. The molecule has 0 bridgehead atoms. The van der Waals surface area contributed by atoms with Gasteiger partial charge in [-0.15, -0.1) is 0 Å². The summed E-state index contributed by atoms with van der Waals surface area (Å²) in [7, 11) is 1.58. The Balaban J connectivity index is 1.31. The average Bonchev–Trinajstić information content (AvgIpc) is 2.86. The molecule has 176 valence electrons. The molecular formula is C28H31N3O3. The predicted octanol–water partition coefficient (Wildman–Crippen LogP) is 5.48. The molecule has 0 unspecified atom stereocenters. The number of likely N-dealkylation sites (tertiary alicyclic amines) is 1. The van der Waals surface area contributed by atoms with Gasteiger partial charge < -0.3 is 15.4 Å². The summed E-state index contributed by atoms with van der Waals surface area (Å²) in [4.78, 5) is 27.9. The first-order valence-corrected chi connectivity index (χ1v) is 11.7. The minimum absolute atomic E-state index is 0.0128. The monoisotopic (exact) mass is 457 g/mol. The first kappa shape index (κ1) is 23.5. The minimum Gasteiger partial charge on any atom is -0.497 e. The van der Waals surface area contributed by atoms with E-state index in [1.165, 1.54) is 5.56 Å². The summed E-state index contributed by atoms with van der Waals surface area (Å²) in [5, 5.41) is 5.60. The number of methoxy groups -OCH3 is 1. The first-order chi connectivity index (χ1) is 16.6. The molecule has 0 aromatic heterocycles. The number of carbonyl (C=O) groups is 2. The van der Waals surface area contributed by atoms with Crippen molar-refractivity contribution in [1.29, 1.82) is 0 Å². The zero-order chi connectivity index (χ0) is 23.8. The number of carbonyl (C=O) groups excluding carboxylic acids is 2. The maximum Gasteiger partial charge on any atom is 0.323 e. The quantitative estimate of drug-likeness (QED) is 0.440. The molecular weight excluding hydrogens is 426 g/mol. The largest absolute Gasteiger partial charge is 0.497 e. The van der Waals surface area contributed by atoms with Crippen LogP contribution >= 0.6 is 0 Å². The molecule has 34 heavy (non-hydrogen) atoms. The van der Waals surface area contributed by atoms with E-state index in [0.717, 1.165) is 32.4 Å². The highest BCUT2D eigenvalue weighted by Gasteiger charge is 2.22. The highest BCUT2D eigenvalue weighted by Crippen LogP contribution is 2.23. The third-order valence-corrected chi connectivity index (χ3v) is 6.24. The Hall–Kier alpha value is -3.64. The van der Waals surface area contributed by atoms with Gasteiger partial charge >= 0.3 is 6.03 Å². The lowest BCUT2D eigenvalue weighted by Crippen LogP contribution is -2.38. The zero-order valence-electron chi connectivity index (χ0n) is 19.5. The predicted molar refractivity (Wildman–Crippen MR) is 136 cm³/mol. The molecule has 4 rings (SSSR count). The Kier molecular flexibility index (Phi) is 7.94. The van der Waals surface area contributed by atoms with Gasteiger partial charge in [-0.05, 0) is 68.1 Å². The van der Waals surface area contributed by atoms with E-state index in [9.17, 15) is 9.59 Å². The summed E-state index contributed by atoms with van der Waals surface area (Å²) in [6.07, 6.45) is 3.27. The third-order valence-electron chi connectivity index (χ3n) is 6.24. The van der Waals surface area contributed by atoms with E-state index in [2.05, 4.69) is 39.8 Å². The molecule has 1 heterocycles. The van der Waals surface area contributed by atoms with Crippen molar-refractivity contribution in [3.8, 4) is 5.75 Å². The maximum atomic E-state index is 13.1. The number of rotatable bonds is 8. The average molecular weight is 458 g/mol. The van der Waals surface area contributed by atoms with Crippen LogP contribution in [0.3, 0.4) is 0 Å². The number of urea groups is 1. The summed E-state index contributed by atoms with van der Waals surface area (Å²) >= 11 is 0. The Morgan fingerprint density at radius 1 is 0.912 bits per heavy atom. The van der Waals surface area contributed by atoms with Crippen molar-refractivity contribution in [3.05, 3.63) is 90.0 Å². The Morgan fingerprint density at radius 3 is 2.41 bits per heavy atom. The molecule has 2 amide bonds. The van der Waals surface area contributed by atoms with E-state index < -0.39 is 6.03 Å². The molecule has 3 aromatic carbocycles. The first-order valence-electron chi connectivity index (χ1n) is 11.7. The molecule has 0 atom stereocenters. The fourth-order valence-corrected chi connectivity index (χ4v) is 4.41. The number of Topliss-reactive ketones (excluding diaryl/α,β-unsaturated/α-hetero) is 1. The minimum atomic E-state index is -0.407. The molecule has 3 aromatic rings. The summed E-state index contributed by atoms with van der Waals surface area (Å²) in [5.74, 6) is 1.32. The van der Waals surface area contributed by atoms with Crippen LogP contribution in [0.5, 0.6) is 5.75 Å². The molecule has 1 fully saturated rings. The lowest BCUT2D eigenvalue weighted by molar-refractivity contribution is 0.0896. The molecule has 1 aliphatic heterocycles. The van der Waals surface area contributed by atoms with Crippen molar-refractivity contribution in [1.82, 2.24) is 4.90 Å². The topological polar surface area (TPSA) is 70.7 Å². The van der Waals surface area contributed by atoms with Gasteiger partial charge in [-0.25, -0.2) is 4.79 Å². The summed E-state index contributed by atoms with van der Waals surface area (Å²) < 4.78 is 5.19. The second-order valence-electron chi connectivity index (χ2n) is 8.69. The molecule has 0 saturated carbocycles. The number of hydrogen-bond donors (Lipinski definition) is 2. The van der Waals surface area contributed by atoms with Crippen molar-refractivity contribution in [2.75, 3.05) is 37.4 Å². The summed E-state index contributed by atoms with van der Waals surface area (Å²) in [6.45, 7) is 2.18. The third kappa shape index (κ3) is 6.45. The van der Waals surface area contributed by atoms with Crippen LogP contribution in [0.4, 0.5) is 16.2 Å². The molecule has 0 aliphatic carbocycles. The van der Waals surface area contributed by atoms with Crippen molar-refractivity contribution in [3.63, 3.8) is 0 Å². The van der Waals surface area contributed by atoms with E-state index in [1.807, 2.05) is 24.3 Å². The van der Waals surface area contributed by atoms with E-state index >= 15 is 0 Å². The number of hydrogen-bond acceptors (Lipinski definition) is 4. The van der Waals surface area contributed by atoms with Crippen LogP contribution in [-0.4, -0.2) is 43.5 Å². The molecule has 1 aliphatic rings. The van der Waals surface area contributed by atoms with Gasteiger partial charge in [-0.2, -0.15) is 0 Å². The highest BCUT2D eigenvalue weighted by molar-refractivity contribution is 6.08. The second kappa shape index (κ2) is 11.5.